The topological polar surface area (TPSA) is 83.6 Å². The maximum Gasteiger partial charge on any atom is 0.244 e. The Morgan fingerprint density at radius 2 is 1.75 bits per heavy atom. The molecule has 1 saturated heterocycles. The van der Waals surface area contributed by atoms with Crippen LogP contribution in [0, 0.1) is 11.8 Å². The molecule has 1 N–H and O–H groups in total. The van der Waals surface area contributed by atoms with E-state index in [1.807, 2.05) is 12.2 Å². The van der Waals surface area contributed by atoms with Gasteiger partial charge in [0.15, 0.2) is 5.78 Å². The van der Waals surface area contributed by atoms with Gasteiger partial charge in [0.1, 0.15) is 6.54 Å². The first-order valence-electron chi connectivity index (χ1n) is 7.88. The van der Waals surface area contributed by atoms with E-state index in [4.69, 9.17) is 0 Å². The van der Waals surface area contributed by atoms with E-state index in [0.29, 0.717) is 24.1 Å². The molecule has 124 valence electrons. The smallest absolute Gasteiger partial charge is 0.244 e. The van der Waals surface area contributed by atoms with Crippen LogP contribution in [-0.4, -0.2) is 34.9 Å². The summed E-state index contributed by atoms with van der Waals surface area (Å²) >= 11 is 0. The number of amides is 3. The van der Waals surface area contributed by atoms with Crippen LogP contribution >= 0.6 is 0 Å². The van der Waals surface area contributed by atoms with Crippen molar-refractivity contribution in [3.05, 3.63) is 42.0 Å². The Labute approximate surface area is 139 Å². The summed E-state index contributed by atoms with van der Waals surface area (Å²) in [6.45, 7) is 1.15. The lowest BCUT2D eigenvalue weighted by molar-refractivity contribution is -0.142. The number of rotatable bonds is 4. The van der Waals surface area contributed by atoms with Gasteiger partial charge in [0, 0.05) is 11.3 Å². The predicted molar refractivity (Wildman–Crippen MR) is 87.2 cm³/mol. The van der Waals surface area contributed by atoms with Gasteiger partial charge in [0.05, 0.1) is 11.8 Å². The highest BCUT2D eigenvalue weighted by Crippen LogP contribution is 2.34. The fraction of sp³-hybridized carbons (Fsp3) is 0.333. The van der Waals surface area contributed by atoms with Gasteiger partial charge < -0.3 is 5.32 Å². The number of benzene rings is 1. The summed E-state index contributed by atoms with van der Waals surface area (Å²) in [5.74, 6) is -1.78. The SMILES string of the molecule is CC(=O)c1cccc(NC(=O)CN2C(=O)C3CC=CCC3C2=O)c1. The van der Waals surface area contributed by atoms with E-state index in [-0.39, 0.29) is 36.0 Å². The van der Waals surface area contributed by atoms with Crippen LogP contribution in [0.1, 0.15) is 30.1 Å². The van der Waals surface area contributed by atoms with Gasteiger partial charge in [-0.3, -0.25) is 24.1 Å². The number of carbonyl (C=O) groups excluding carboxylic acids is 4. The summed E-state index contributed by atoms with van der Waals surface area (Å²) in [7, 11) is 0. The zero-order valence-electron chi connectivity index (χ0n) is 13.3. The minimum atomic E-state index is -0.455. The third kappa shape index (κ3) is 2.99. The highest BCUT2D eigenvalue weighted by atomic mass is 16.2. The lowest BCUT2D eigenvalue weighted by Crippen LogP contribution is -2.38. The molecule has 2 unspecified atom stereocenters. The van der Waals surface area contributed by atoms with Crippen molar-refractivity contribution in [1.82, 2.24) is 4.90 Å². The average Bonchev–Trinajstić information content (AvgIpc) is 2.80. The van der Waals surface area contributed by atoms with Crippen molar-refractivity contribution in [2.75, 3.05) is 11.9 Å². The predicted octanol–water partition coefficient (Wildman–Crippen LogP) is 1.78. The number of fused-ring (bicyclic) bond motifs is 1. The molecule has 1 aromatic rings. The number of likely N-dealkylation sites (tertiary alicyclic amines) is 1. The number of imide groups is 1. The van der Waals surface area contributed by atoms with Crippen molar-refractivity contribution >= 4 is 29.2 Å². The van der Waals surface area contributed by atoms with Crippen molar-refractivity contribution in [2.24, 2.45) is 11.8 Å². The Morgan fingerprint density at radius 1 is 1.12 bits per heavy atom. The maximum absolute atomic E-state index is 12.3. The van der Waals surface area contributed by atoms with Gasteiger partial charge in [-0.05, 0) is 31.9 Å². The molecule has 1 aromatic carbocycles. The Balaban J connectivity index is 1.67. The van der Waals surface area contributed by atoms with Crippen LogP contribution in [0.15, 0.2) is 36.4 Å². The van der Waals surface area contributed by atoms with Crippen LogP contribution in [0.25, 0.3) is 0 Å². The second kappa shape index (κ2) is 6.39. The summed E-state index contributed by atoms with van der Waals surface area (Å²) in [5.41, 5.74) is 0.948. The van der Waals surface area contributed by atoms with Crippen molar-refractivity contribution < 1.29 is 19.2 Å². The molecule has 2 atom stereocenters. The lowest BCUT2D eigenvalue weighted by Gasteiger charge is -2.14. The third-order valence-electron chi connectivity index (χ3n) is 4.45. The number of ketones is 1. The summed E-state index contributed by atoms with van der Waals surface area (Å²) < 4.78 is 0. The van der Waals surface area contributed by atoms with Crippen molar-refractivity contribution in [3.8, 4) is 0 Å². The minimum absolute atomic E-state index is 0.104. The standard InChI is InChI=1S/C18H18N2O4/c1-11(21)12-5-4-6-13(9-12)19-16(22)10-20-17(23)14-7-2-3-8-15(14)18(20)24/h2-6,9,14-15H,7-8,10H2,1H3,(H,19,22). The molecule has 1 aliphatic heterocycles. The molecule has 1 aliphatic carbocycles. The first-order chi connectivity index (χ1) is 11.5. The Morgan fingerprint density at radius 3 is 2.33 bits per heavy atom. The molecule has 0 spiro atoms. The number of hydrogen-bond acceptors (Lipinski definition) is 4. The maximum atomic E-state index is 12.3. The first kappa shape index (κ1) is 16.1. The third-order valence-corrected chi connectivity index (χ3v) is 4.45. The number of hydrogen-bond donors (Lipinski definition) is 1. The number of nitrogens with one attached hydrogen (secondary N) is 1. The number of anilines is 1. The van der Waals surface area contributed by atoms with Crippen LogP contribution in [0.5, 0.6) is 0 Å². The van der Waals surface area contributed by atoms with E-state index in [1.54, 1.807) is 24.3 Å². The van der Waals surface area contributed by atoms with Gasteiger partial charge in [-0.15, -0.1) is 0 Å². The highest BCUT2D eigenvalue weighted by Gasteiger charge is 2.47. The zero-order chi connectivity index (χ0) is 17.3. The van der Waals surface area contributed by atoms with Gasteiger partial charge in [-0.1, -0.05) is 24.3 Å². The molecule has 6 nitrogen and oxygen atoms in total. The van der Waals surface area contributed by atoms with Crippen molar-refractivity contribution in [3.63, 3.8) is 0 Å². The second-order valence-corrected chi connectivity index (χ2v) is 6.10. The van der Waals surface area contributed by atoms with Gasteiger partial charge in [0.25, 0.3) is 0 Å². The van der Waals surface area contributed by atoms with Crippen LogP contribution in [0.2, 0.25) is 0 Å². The van der Waals surface area contributed by atoms with Crippen LogP contribution in [0.4, 0.5) is 5.69 Å². The van der Waals surface area contributed by atoms with Gasteiger partial charge in [-0.25, -0.2) is 0 Å². The van der Waals surface area contributed by atoms with E-state index in [2.05, 4.69) is 5.32 Å². The summed E-state index contributed by atoms with van der Waals surface area (Å²) in [6, 6.07) is 6.54. The molecule has 3 rings (SSSR count). The van der Waals surface area contributed by atoms with Crippen LogP contribution in [-0.2, 0) is 14.4 Å². The van der Waals surface area contributed by atoms with E-state index in [1.165, 1.54) is 6.92 Å². The monoisotopic (exact) mass is 326 g/mol. The number of carbonyl (C=O) groups is 4. The quantitative estimate of drug-likeness (QED) is 0.519. The Kier molecular flexibility index (Phi) is 4.29. The summed E-state index contributed by atoms with van der Waals surface area (Å²) in [5, 5.41) is 2.63. The van der Waals surface area contributed by atoms with E-state index >= 15 is 0 Å². The number of Topliss-reactive ketones (excluding diaryl/α,β-unsaturated/α-hetero) is 1. The molecule has 3 amide bonds. The molecule has 0 bridgehead atoms. The molecule has 1 heterocycles. The number of allylic oxidation sites excluding steroid dienone is 2. The largest absolute Gasteiger partial charge is 0.325 e. The van der Waals surface area contributed by atoms with Gasteiger partial charge >= 0.3 is 0 Å². The molecule has 1 fully saturated rings. The second-order valence-electron chi connectivity index (χ2n) is 6.10. The van der Waals surface area contributed by atoms with Gasteiger partial charge in [-0.2, -0.15) is 0 Å². The molecule has 2 aliphatic rings. The van der Waals surface area contributed by atoms with Crippen LogP contribution in [0.3, 0.4) is 0 Å². The molecular formula is C18H18N2O4. The summed E-state index contributed by atoms with van der Waals surface area (Å²) in [6.07, 6.45) is 4.91. The van der Waals surface area contributed by atoms with E-state index < -0.39 is 5.91 Å². The van der Waals surface area contributed by atoms with Gasteiger partial charge in [0.2, 0.25) is 17.7 Å². The Bertz CT molecular complexity index is 727. The fourth-order valence-electron chi connectivity index (χ4n) is 3.18. The molecule has 0 aromatic heterocycles. The van der Waals surface area contributed by atoms with Crippen LogP contribution < -0.4 is 5.32 Å². The zero-order valence-corrected chi connectivity index (χ0v) is 13.3. The van der Waals surface area contributed by atoms with E-state index in [9.17, 15) is 19.2 Å². The molecular weight excluding hydrogens is 308 g/mol. The normalized spacial score (nSPS) is 22.5. The first-order valence-corrected chi connectivity index (χ1v) is 7.88. The lowest BCUT2D eigenvalue weighted by atomic mass is 9.85. The molecule has 0 radical (unpaired) electrons. The summed E-state index contributed by atoms with van der Waals surface area (Å²) in [4.78, 5) is 49.3. The van der Waals surface area contributed by atoms with Crippen molar-refractivity contribution in [2.45, 2.75) is 19.8 Å². The molecule has 6 heteroatoms. The van der Waals surface area contributed by atoms with E-state index in [0.717, 1.165) is 4.90 Å². The highest BCUT2D eigenvalue weighted by molar-refractivity contribution is 6.09. The van der Waals surface area contributed by atoms with Crippen molar-refractivity contribution in [1.29, 1.82) is 0 Å². The molecule has 0 saturated carbocycles. The average molecular weight is 326 g/mol. The number of nitrogens with zero attached hydrogens (tertiary/aromatic N) is 1. The minimum Gasteiger partial charge on any atom is -0.325 e. The molecule has 24 heavy (non-hydrogen) atoms. The fourth-order valence-corrected chi connectivity index (χ4v) is 3.18. The Hall–Kier alpha value is -2.76.